The third kappa shape index (κ3) is 4.24. The first kappa shape index (κ1) is 20.5. The molecule has 0 aromatic carbocycles. The molecule has 2 saturated carbocycles. The number of halogens is 1. The summed E-state index contributed by atoms with van der Waals surface area (Å²) in [5.41, 5.74) is 0. The highest BCUT2D eigenvalue weighted by atomic mass is 19.1. The molecule has 4 rings (SSSR count). The Bertz CT molecular complexity index is 541. The van der Waals surface area contributed by atoms with Gasteiger partial charge in [0.15, 0.2) is 0 Å². The highest BCUT2D eigenvalue weighted by Crippen LogP contribution is 2.38. The van der Waals surface area contributed by atoms with Crippen molar-refractivity contribution in [2.45, 2.75) is 94.7 Å². The van der Waals surface area contributed by atoms with Crippen LogP contribution in [0, 0.1) is 11.8 Å². The van der Waals surface area contributed by atoms with Gasteiger partial charge in [-0.3, -0.25) is 9.69 Å². The maximum absolute atomic E-state index is 14.3. The van der Waals surface area contributed by atoms with Gasteiger partial charge in [-0.15, -0.1) is 0 Å². The summed E-state index contributed by atoms with van der Waals surface area (Å²) in [7, 11) is 4.35. The van der Waals surface area contributed by atoms with Gasteiger partial charge in [0.05, 0.1) is 6.04 Å². The number of fused-ring (bicyclic) bond motifs is 1. The maximum Gasteiger partial charge on any atom is 0.237 e. The van der Waals surface area contributed by atoms with E-state index in [4.69, 9.17) is 0 Å². The van der Waals surface area contributed by atoms with Gasteiger partial charge in [-0.05, 0) is 71.4 Å². The summed E-state index contributed by atoms with van der Waals surface area (Å²) in [5.74, 6) is 0.590. The molecule has 2 aliphatic heterocycles. The van der Waals surface area contributed by atoms with Gasteiger partial charge in [-0.25, -0.2) is 4.39 Å². The Labute approximate surface area is 169 Å². The molecule has 6 heteroatoms. The van der Waals surface area contributed by atoms with Gasteiger partial charge in [-0.2, -0.15) is 0 Å². The number of likely N-dealkylation sites (tertiary alicyclic amines) is 1. The number of alkyl halides is 1. The van der Waals surface area contributed by atoms with Crippen LogP contribution < -0.4 is 10.6 Å². The molecule has 4 aliphatic rings. The third-order valence-corrected chi connectivity index (χ3v) is 8.09. The van der Waals surface area contributed by atoms with Crippen LogP contribution in [0.4, 0.5) is 4.39 Å². The molecule has 7 unspecified atom stereocenters. The van der Waals surface area contributed by atoms with Crippen LogP contribution in [-0.2, 0) is 4.79 Å². The second-order valence-electron chi connectivity index (χ2n) is 10.1. The first-order valence-corrected chi connectivity index (χ1v) is 11.5. The minimum Gasteiger partial charge on any atom is -0.352 e. The van der Waals surface area contributed by atoms with Crippen molar-refractivity contribution in [3.63, 3.8) is 0 Å². The number of nitrogens with one attached hydrogen (secondary N) is 2. The Kier molecular flexibility index (Phi) is 6.29. The van der Waals surface area contributed by atoms with Crippen LogP contribution in [0.15, 0.2) is 0 Å². The standard InChI is InChI=1S/C22H39FN4O/c1-14-7-8-19(23)18-12-20(25-21(14)18)22(28)24-15-5-4-6-16(11-15)27-10-9-17(13-27)26(2)3/h14-21,25H,4-13H2,1-3H3,(H,24,28)/t14?,15?,16?,17-,18?,19?,20?,21?/m1/s1. The molecule has 28 heavy (non-hydrogen) atoms. The first-order chi connectivity index (χ1) is 13.4. The van der Waals surface area contributed by atoms with Gasteiger partial charge in [0.2, 0.25) is 5.91 Å². The lowest BCUT2D eigenvalue weighted by atomic mass is 9.77. The molecule has 1 amide bonds. The highest BCUT2D eigenvalue weighted by molar-refractivity contribution is 5.82. The normalized spacial score (nSPS) is 44.6. The van der Waals surface area contributed by atoms with Crippen molar-refractivity contribution in [1.29, 1.82) is 0 Å². The van der Waals surface area contributed by atoms with Gasteiger partial charge >= 0.3 is 0 Å². The summed E-state index contributed by atoms with van der Waals surface area (Å²) in [5, 5.41) is 6.81. The van der Waals surface area contributed by atoms with E-state index in [-0.39, 0.29) is 30.0 Å². The molecule has 5 nitrogen and oxygen atoms in total. The van der Waals surface area contributed by atoms with Gasteiger partial charge in [-0.1, -0.05) is 6.92 Å². The van der Waals surface area contributed by atoms with Crippen LogP contribution in [0.5, 0.6) is 0 Å². The zero-order valence-corrected chi connectivity index (χ0v) is 17.9. The summed E-state index contributed by atoms with van der Waals surface area (Å²) in [4.78, 5) is 17.9. The number of amides is 1. The molecule has 2 heterocycles. The van der Waals surface area contributed by atoms with Crippen molar-refractivity contribution in [1.82, 2.24) is 20.4 Å². The first-order valence-electron chi connectivity index (χ1n) is 11.5. The molecule has 4 fully saturated rings. The molecule has 2 N–H and O–H groups in total. The van der Waals surface area contributed by atoms with E-state index in [1.807, 2.05) is 0 Å². The molecule has 0 aromatic heterocycles. The van der Waals surface area contributed by atoms with Crippen LogP contribution in [0.2, 0.25) is 0 Å². The molecule has 8 atom stereocenters. The van der Waals surface area contributed by atoms with Crippen molar-refractivity contribution in [2.24, 2.45) is 11.8 Å². The lowest BCUT2D eigenvalue weighted by Crippen LogP contribution is -2.51. The molecule has 0 aromatic rings. The van der Waals surface area contributed by atoms with Crippen LogP contribution in [0.3, 0.4) is 0 Å². The fraction of sp³-hybridized carbons (Fsp3) is 0.955. The lowest BCUT2D eigenvalue weighted by molar-refractivity contribution is -0.124. The Hall–Kier alpha value is -0.720. The summed E-state index contributed by atoms with van der Waals surface area (Å²) < 4.78 is 14.3. The van der Waals surface area contributed by atoms with Gasteiger partial charge in [0.25, 0.3) is 0 Å². The molecule has 0 bridgehead atoms. The fourth-order valence-corrected chi connectivity index (χ4v) is 6.25. The summed E-state index contributed by atoms with van der Waals surface area (Å²) in [6.07, 6.45) is 7.33. The molecule has 0 spiro atoms. The Morgan fingerprint density at radius 3 is 2.68 bits per heavy atom. The lowest BCUT2D eigenvalue weighted by Gasteiger charge is -2.36. The van der Waals surface area contributed by atoms with Crippen LogP contribution in [-0.4, -0.2) is 79.3 Å². The highest BCUT2D eigenvalue weighted by Gasteiger charge is 2.46. The maximum atomic E-state index is 14.3. The number of hydrogen-bond acceptors (Lipinski definition) is 4. The molecular formula is C22H39FN4O. The van der Waals surface area contributed by atoms with E-state index < -0.39 is 6.17 Å². The van der Waals surface area contributed by atoms with E-state index in [9.17, 15) is 9.18 Å². The average molecular weight is 395 g/mol. The second-order valence-corrected chi connectivity index (χ2v) is 10.1. The quantitative estimate of drug-likeness (QED) is 0.767. The smallest absolute Gasteiger partial charge is 0.237 e. The van der Waals surface area contributed by atoms with Crippen LogP contribution in [0.1, 0.15) is 58.3 Å². The number of carbonyl (C=O) groups excluding carboxylic acids is 1. The van der Waals surface area contributed by atoms with Gasteiger partial charge in [0.1, 0.15) is 6.17 Å². The van der Waals surface area contributed by atoms with Gasteiger partial charge in [0, 0.05) is 43.2 Å². The molecule has 0 radical (unpaired) electrons. The minimum absolute atomic E-state index is 0.0196. The number of hydrogen-bond donors (Lipinski definition) is 2. The van der Waals surface area contributed by atoms with E-state index in [0.717, 1.165) is 25.8 Å². The zero-order valence-electron chi connectivity index (χ0n) is 17.9. The number of carbonyl (C=O) groups is 1. The molecular weight excluding hydrogens is 355 g/mol. The van der Waals surface area contributed by atoms with E-state index in [1.54, 1.807) is 0 Å². The average Bonchev–Trinajstić information content (AvgIpc) is 3.33. The van der Waals surface area contributed by atoms with Crippen molar-refractivity contribution in [3.8, 4) is 0 Å². The Morgan fingerprint density at radius 2 is 1.96 bits per heavy atom. The number of likely N-dealkylation sites (N-methyl/N-ethyl adjacent to an activating group) is 1. The Balaban J connectivity index is 1.29. The fourth-order valence-electron chi connectivity index (χ4n) is 6.25. The van der Waals surface area contributed by atoms with E-state index in [2.05, 4.69) is 41.5 Å². The van der Waals surface area contributed by atoms with Crippen molar-refractivity contribution in [3.05, 3.63) is 0 Å². The third-order valence-electron chi connectivity index (χ3n) is 8.09. The topological polar surface area (TPSA) is 47.6 Å². The summed E-state index contributed by atoms with van der Waals surface area (Å²) in [6, 6.07) is 1.49. The number of rotatable bonds is 4. The molecule has 160 valence electrons. The Morgan fingerprint density at radius 1 is 1.14 bits per heavy atom. The summed E-state index contributed by atoms with van der Waals surface area (Å²) >= 11 is 0. The summed E-state index contributed by atoms with van der Waals surface area (Å²) in [6.45, 7) is 4.53. The van der Waals surface area contributed by atoms with Crippen molar-refractivity contribution >= 4 is 5.91 Å². The van der Waals surface area contributed by atoms with Crippen molar-refractivity contribution in [2.75, 3.05) is 27.2 Å². The van der Waals surface area contributed by atoms with Gasteiger partial charge < -0.3 is 15.5 Å². The SMILES string of the molecule is CC1CCC(F)C2CC(C(=O)NC3CCCC(N4CC[C@@H](N(C)C)C4)C3)NC12. The van der Waals surface area contributed by atoms with E-state index >= 15 is 0 Å². The predicted molar refractivity (Wildman–Crippen MR) is 110 cm³/mol. The molecule has 2 saturated heterocycles. The van der Waals surface area contributed by atoms with E-state index in [0.29, 0.717) is 30.8 Å². The second kappa shape index (κ2) is 8.57. The molecule has 2 aliphatic carbocycles. The van der Waals surface area contributed by atoms with E-state index in [1.165, 1.54) is 25.8 Å². The largest absolute Gasteiger partial charge is 0.352 e. The monoisotopic (exact) mass is 394 g/mol. The minimum atomic E-state index is -0.745. The zero-order chi connectivity index (χ0) is 19.8. The predicted octanol–water partition coefficient (Wildman–Crippen LogP) is 2.16. The van der Waals surface area contributed by atoms with Crippen LogP contribution >= 0.6 is 0 Å². The van der Waals surface area contributed by atoms with Crippen molar-refractivity contribution < 1.29 is 9.18 Å². The number of nitrogens with zero attached hydrogens (tertiary/aromatic N) is 2. The van der Waals surface area contributed by atoms with Crippen LogP contribution in [0.25, 0.3) is 0 Å².